The van der Waals surface area contributed by atoms with Crippen LogP contribution >= 0.6 is 48.3 Å². The first kappa shape index (κ1) is 56.5. The minimum absolute atomic E-state index is 0.150. The molecule has 0 saturated carbocycles. The van der Waals surface area contributed by atoms with Crippen molar-refractivity contribution in [3.8, 4) is 0 Å². The molecule has 0 spiro atoms. The number of thioether (sulfide) groups is 2. The van der Waals surface area contributed by atoms with Gasteiger partial charge in [0.2, 0.25) is 11.8 Å². The van der Waals surface area contributed by atoms with E-state index in [1.165, 1.54) is 60.6 Å². The van der Waals surface area contributed by atoms with Crippen LogP contribution in [0.2, 0.25) is 39.3 Å². The van der Waals surface area contributed by atoms with Crippen molar-refractivity contribution >= 4 is 90.4 Å². The van der Waals surface area contributed by atoms with E-state index in [1.807, 2.05) is 36.8 Å². The van der Waals surface area contributed by atoms with E-state index >= 15 is 0 Å². The van der Waals surface area contributed by atoms with Crippen molar-refractivity contribution in [2.75, 3.05) is 12.5 Å². The second-order valence-electron chi connectivity index (χ2n) is 13.9. The van der Waals surface area contributed by atoms with Gasteiger partial charge in [-0.25, -0.2) is 4.31 Å². The number of benzene rings is 3. The topological polar surface area (TPSA) is 96.3 Å². The molecule has 1 saturated heterocycles. The molecule has 59 heavy (non-hydrogen) atoms. The Hall–Kier alpha value is -2.54. The maximum atomic E-state index is 13.0. The molecule has 1 heterocycles. The summed E-state index contributed by atoms with van der Waals surface area (Å²) in [6.45, 7) is 9.11. The number of aldehydes is 1. The van der Waals surface area contributed by atoms with Crippen LogP contribution in [0.25, 0.3) is 0 Å². The first-order valence-corrected chi connectivity index (χ1v) is 27.5. The molecule has 1 aliphatic rings. The number of carbonyl (C=O) groups is 3. The molecule has 2 atom stereocenters. The van der Waals surface area contributed by atoms with Crippen LogP contribution in [0.5, 0.6) is 0 Å². The third kappa shape index (κ3) is 22.2. The van der Waals surface area contributed by atoms with Crippen LogP contribution in [-0.4, -0.2) is 82.2 Å². The zero-order valence-electron chi connectivity index (χ0n) is 33.2. The summed E-state index contributed by atoms with van der Waals surface area (Å²) in [6, 6.07) is 18.8. The van der Waals surface area contributed by atoms with Gasteiger partial charge in [0.15, 0.2) is 28.6 Å². The summed E-state index contributed by atoms with van der Waals surface area (Å²) in [5.41, 5.74) is 0.612. The fourth-order valence-corrected chi connectivity index (χ4v) is 6.45. The fourth-order valence-electron chi connectivity index (χ4n) is 3.80. The van der Waals surface area contributed by atoms with Gasteiger partial charge in [-0.15, -0.1) is 23.5 Å². The maximum absolute atomic E-state index is 13.0. The van der Waals surface area contributed by atoms with Crippen molar-refractivity contribution in [3.63, 3.8) is 0 Å². The van der Waals surface area contributed by atoms with E-state index in [0.717, 1.165) is 45.1 Å². The fraction of sp³-hybridized carbons (Fsp3) is 0.417. The van der Waals surface area contributed by atoms with Gasteiger partial charge in [-0.3, -0.25) is 14.4 Å². The van der Waals surface area contributed by atoms with Gasteiger partial charge in [-0.1, -0.05) is 56.0 Å². The van der Waals surface area contributed by atoms with Crippen LogP contribution in [0.1, 0.15) is 46.5 Å². The molecule has 3 aromatic carbocycles. The molecule has 0 bridgehead atoms. The SMILES string of the molecule is CSc1ccc(C(O[Si](C)(C)C)C(F)(F)F)cc1.CSc1ccc(C=O)cc1.C[Si](C)(C)C(F)(F)F.O=C1CCC(=O)N1Sc1ccc(C(O)C(F)(F)F)cc1.[B]=NS. The first-order chi connectivity index (χ1) is 26.9. The predicted molar refractivity (Wildman–Crippen MR) is 226 cm³/mol. The predicted octanol–water partition coefficient (Wildman–Crippen LogP) is 12.1. The Bertz CT molecular complexity index is 1720. The van der Waals surface area contributed by atoms with Crippen LogP contribution in [-0.2, 0) is 14.0 Å². The quantitative estimate of drug-likeness (QED) is 0.0417. The molecule has 327 valence electrons. The van der Waals surface area contributed by atoms with Crippen LogP contribution in [0, 0.1) is 0 Å². The van der Waals surface area contributed by atoms with E-state index in [0.29, 0.717) is 4.90 Å². The molecular formula is C36H45BF9N2O5S4Si2. The molecule has 3 aromatic rings. The van der Waals surface area contributed by atoms with Gasteiger partial charge in [-0.2, -0.15) is 39.5 Å². The molecule has 1 radical (unpaired) electrons. The summed E-state index contributed by atoms with van der Waals surface area (Å²) < 4.78 is 120. The molecule has 2 amide bonds. The first-order valence-electron chi connectivity index (χ1n) is 16.9. The number of rotatable bonds is 9. The zero-order valence-corrected chi connectivity index (χ0v) is 38.5. The van der Waals surface area contributed by atoms with Gasteiger partial charge in [0.25, 0.3) is 0 Å². The van der Waals surface area contributed by atoms with E-state index in [-0.39, 0.29) is 35.8 Å². The number of aliphatic hydroxyl groups is 1. The summed E-state index contributed by atoms with van der Waals surface area (Å²) in [5, 5.41) is 9.07. The Kier molecular flexibility index (Phi) is 24.3. The molecule has 7 nitrogen and oxygen atoms in total. The van der Waals surface area contributed by atoms with Crippen molar-refractivity contribution in [2.45, 2.75) is 97.2 Å². The van der Waals surface area contributed by atoms with E-state index in [4.69, 9.17) is 9.53 Å². The van der Waals surface area contributed by atoms with Crippen molar-refractivity contribution in [3.05, 3.63) is 89.5 Å². The third-order valence-electron chi connectivity index (χ3n) is 7.00. The molecular weight excluding hydrogens is 907 g/mol. The van der Waals surface area contributed by atoms with Gasteiger partial charge < -0.3 is 9.53 Å². The molecule has 1 fully saturated rings. The number of hydrogen-bond donors (Lipinski definition) is 2. The number of thiol groups is 1. The number of imide groups is 1. The number of carbonyl (C=O) groups excluding carboxylic acids is 3. The normalized spacial score (nSPS) is 14.2. The number of halogens is 9. The minimum atomic E-state index is -4.73. The molecule has 1 aliphatic heterocycles. The second-order valence-corrected chi connectivity index (χ2v) is 26.4. The molecule has 2 unspecified atom stereocenters. The van der Waals surface area contributed by atoms with Crippen molar-refractivity contribution in [1.29, 1.82) is 0 Å². The molecule has 23 heteroatoms. The summed E-state index contributed by atoms with van der Waals surface area (Å²) in [7, 11) is -0.782. The molecule has 0 aromatic heterocycles. The number of alkyl halides is 9. The summed E-state index contributed by atoms with van der Waals surface area (Å²) in [5.74, 6) is -4.56. The van der Waals surface area contributed by atoms with Crippen LogP contribution < -0.4 is 0 Å². The third-order valence-corrected chi connectivity index (χ3v) is 12.2. The second kappa shape index (κ2) is 25.4. The zero-order chi connectivity index (χ0) is 46.0. The van der Waals surface area contributed by atoms with Crippen molar-refractivity contribution in [2.24, 2.45) is 4.30 Å². The van der Waals surface area contributed by atoms with E-state index in [2.05, 4.69) is 24.8 Å². The Labute approximate surface area is 360 Å². The average Bonchev–Trinajstić information content (AvgIpc) is 3.45. The summed E-state index contributed by atoms with van der Waals surface area (Å²) in [4.78, 5) is 35.6. The Morgan fingerprint density at radius 1 is 0.729 bits per heavy atom. The monoisotopic (exact) mass is 951 g/mol. The standard InChI is InChI=1S/C12H10F3NO3S.C12H17F3OSSi.C8H8OS.C4H9F3Si.BHNS/c13-12(14,15)11(19)7-1-3-8(4-2-7)20-16-9(17)5-6-10(16)18;1-17-10-7-5-9(6-8-10)11(12(13,14)15)16-18(2,3)4;1-10-8-4-2-7(6-9)3-5-8;1-8(2,3)4(5,6)7;1-2-3/h1-4,11,19H,5-6H2;5-8,11H,1-4H3;2-6H,1H3;1-3H3;3H. The summed E-state index contributed by atoms with van der Waals surface area (Å²) in [6.07, 6.45) is -8.42. The Balaban J connectivity index is 0.000000786. The van der Waals surface area contributed by atoms with E-state index < -0.39 is 46.8 Å². The summed E-state index contributed by atoms with van der Waals surface area (Å²) >= 11 is 7.23. The average molecular weight is 952 g/mol. The van der Waals surface area contributed by atoms with Gasteiger partial charge in [0, 0.05) is 33.1 Å². The number of aliphatic hydroxyl groups excluding tert-OH is 1. The van der Waals surface area contributed by atoms with E-state index in [1.54, 1.807) is 43.5 Å². The van der Waals surface area contributed by atoms with Crippen molar-refractivity contribution in [1.82, 2.24) is 4.31 Å². The number of amides is 2. The Morgan fingerprint density at radius 3 is 1.39 bits per heavy atom. The molecule has 0 aliphatic carbocycles. The molecule has 1 N–H and O–H groups in total. The Morgan fingerprint density at radius 2 is 1.08 bits per heavy atom. The number of nitrogens with zero attached hydrogens (tertiary/aromatic N) is 2. The number of hydrogen-bond acceptors (Lipinski definition) is 10. The van der Waals surface area contributed by atoms with Crippen LogP contribution in [0.4, 0.5) is 39.5 Å². The van der Waals surface area contributed by atoms with Gasteiger partial charge >= 0.3 is 42.9 Å². The van der Waals surface area contributed by atoms with Gasteiger partial charge in [-0.05, 0) is 91.6 Å². The van der Waals surface area contributed by atoms with Gasteiger partial charge in [0.05, 0.1) is 0 Å². The van der Waals surface area contributed by atoms with Crippen LogP contribution in [0.3, 0.4) is 0 Å². The van der Waals surface area contributed by atoms with Crippen molar-refractivity contribution < 1.29 is 63.4 Å². The molecule has 4 rings (SSSR count). The van der Waals surface area contributed by atoms with Gasteiger partial charge in [0.1, 0.15) is 6.29 Å². The van der Waals surface area contributed by atoms with Crippen LogP contribution in [0.15, 0.2) is 91.8 Å². The van der Waals surface area contributed by atoms with E-state index in [9.17, 15) is 53.9 Å².